The molecule has 2 aromatic rings. The molecular weight excluding hydrogens is 482 g/mol. The molecule has 1 unspecified atom stereocenters. The number of likely N-dealkylation sites (N-methyl/N-ethyl adjacent to an activating group) is 1. The summed E-state index contributed by atoms with van der Waals surface area (Å²) in [5.74, 6) is 2.06. The summed E-state index contributed by atoms with van der Waals surface area (Å²) in [5, 5.41) is 25.7. The number of aliphatic hydroxyl groups excluding tert-OH is 1. The van der Waals surface area contributed by atoms with Crippen LogP contribution in [0.2, 0.25) is 0 Å². The highest BCUT2D eigenvalue weighted by Crippen LogP contribution is 2.30. The van der Waals surface area contributed by atoms with Crippen molar-refractivity contribution in [1.82, 2.24) is 20.5 Å². The van der Waals surface area contributed by atoms with Crippen LogP contribution in [0.4, 0.5) is 10.6 Å². The quantitative estimate of drug-likeness (QED) is 0.375. The van der Waals surface area contributed by atoms with Gasteiger partial charge in [0.1, 0.15) is 5.82 Å². The second-order valence-electron chi connectivity index (χ2n) is 11.4. The Morgan fingerprint density at radius 2 is 1.63 bits per heavy atom. The first kappa shape index (κ1) is 28.1. The van der Waals surface area contributed by atoms with E-state index in [1.807, 2.05) is 49.3 Å². The Hall–Kier alpha value is -2.91. The van der Waals surface area contributed by atoms with Gasteiger partial charge in [-0.15, -0.1) is 0 Å². The van der Waals surface area contributed by atoms with Crippen molar-refractivity contribution in [3.63, 3.8) is 0 Å². The summed E-state index contributed by atoms with van der Waals surface area (Å²) >= 11 is 0. The number of fused-ring (bicyclic) bond motifs is 1. The van der Waals surface area contributed by atoms with Gasteiger partial charge in [0.2, 0.25) is 0 Å². The summed E-state index contributed by atoms with van der Waals surface area (Å²) < 4.78 is 0. The van der Waals surface area contributed by atoms with E-state index in [2.05, 4.69) is 15.5 Å². The fourth-order valence-electron chi connectivity index (χ4n) is 5.99. The third-order valence-corrected chi connectivity index (χ3v) is 8.13. The third kappa shape index (κ3) is 7.80. The first-order valence-corrected chi connectivity index (χ1v) is 14.0. The second-order valence-corrected chi connectivity index (χ2v) is 11.4. The maximum atomic E-state index is 13.4. The largest absolute Gasteiger partial charge is 0.465 e. The van der Waals surface area contributed by atoms with Gasteiger partial charge >= 0.3 is 6.09 Å². The number of nitrogens with zero attached hydrogens (tertiary/aromatic N) is 3. The Labute approximate surface area is 225 Å². The van der Waals surface area contributed by atoms with Crippen LogP contribution in [0.15, 0.2) is 30.3 Å². The molecular formula is C29H43N5O4. The summed E-state index contributed by atoms with van der Waals surface area (Å²) in [6.07, 6.45) is 5.51. The number of carbonyl (C=O) groups is 2. The Morgan fingerprint density at radius 1 is 1.00 bits per heavy atom. The van der Waals surface area contributed by atoms with Gasteiger partial charge in [-0.05, 0) is 88.9 Å². The van der Waals surface area contributed by atoms with Crippen LogP contribution in [0, 0.1) is 17.8 Å². The molecule has 4 N–H and O–H groups in total. The van der Waals surface area contributed by atoms with Gasteiger partial charge in [-0.1, -0.05) is 18.2 Å². The van der Waals surface area contributed by atoms with Gasteiger partial charge in [0.15, 0.2) is 0 Å². The van der Waals surface area contributed by atoms with Crippen molar-refractivity contribution in [2.45, 2.75) is 51.0 Å². The maximum absolute atomic E-state index is 13.4. The molecule has 1 saturated heterocycles. The molecule has 1 aliphatic carbocycles. The van der Waals surface area contributed by atoms with Gasteiger partial charge in [-0.2, -0.15) is 0 Å². The van der Waals surface area contributed by atoms with Gasteiger partial charge in [0, 0.05) is 38.1 Å². The lowest BCUT2D eigenvalue weighted by molar-refractivity contribution is 0.0942. The van der Waals surface area contributed by atoms with Crippen LogP contribution in [0.5, 0.6) is 0 Å². The fourth-order valence-corrected chi connectivity index (χ4v) is 5.99. The summed E-state index contributed by atoms with van der Waals surface area (Å²) in [5.41, 5.74) is 1.48. The van der Waals surface area contributed by atoms with E-state index in [9.17, 15) is 14.7 Å². The molecule has 2 amide bonds. The van der Waals surface area contributed by atoms with E-state index in [1.54, 1.807) is 0 Å². The van der Waals surface area contributed by atoms with E-state index >= 15 is 0 Å². The van der Waals surface area contributed by atoms with Crippen LogP contribution in [0.1, 0.15) is 55.3 Å². The lowest BCUT2D eigenvalue weighted by Gasteiger charge is -2.34. The van der Waals surface area contributed by atoms with Gasteiger partial charge < -0.3 is 30.6 Å². The molecule has 0 radical (unpaired) electrons. The monoisotopic (exact) mass is 525 g/mol. The number of nitrogens with one attached hydrogen (secondary N) is 2. The lowest BCUT2D eigenvalue weighted by atomic mass is 9.82. The van der Waals surface area contributed by atoms with E-state index in [-0.39, 0.29) is 12.0 Å². The van der Waals surface area contributed by atoms with E-state index in [0.29, 0.717) is 43.0 Å². The number of carbonyl (C=O) groups excluding carboxylic acids is 1. The third-order valence-electron chi connectivity index (χ3n) is 8.13. The topological polar surface area (TPSA) is 118 Å². The highest BCUT2D eigenvalue weighted by Gasteiger charge is 2.25. The zero-order chi connectivity index (χ0) is 27.1. The summed E-state index contributed by atoms with van der Waals surface area (Å²) in [7, 11) is 3.97. The fraction of sp³-hybridized carbons (Fsp3) is 0.621. The van der Waals surface area contributed by atoms with Crippen molar-refractivity contribution in [2.75, 3.05) is 51.7 Å². The number of pyridine rings is 1. The minimum atomic E-state index is -0.966. The van der Waals surface area contributed by atoms with Crippen molar-refractivity contribution in [2.24, 2.45) is 17.8 Å². The second kappa shape index (κ2) is 13.2. The number of carboxylic acid groups (broad SMARTS) is 1. The Bertz CT molecular complexity index is 1080. The minimum Gasteiger partial charge on any atom is -0.465 e. The standard InChI is InChI=1S/C29H43N5O4/c1-33(2)19-23(35)15-20-11-13-34(14-12-20)27-16-25(24-5-3-4-6-26(24)32-27)28(36)30-17-21-7-9-22(10-8-21)18-31-29(37)38/h3-6,16,20-23,31,35H,7-15,17-19H2,1-2H3,(H,30,36)(H,37,38). The van der Waals surface area contributed by atoms with E-state index in [4.69, 9.17) is 10.1 Å². The number of piperidine rings is 1. The number of hydrogen-bond donors (Lipinski definition) is 4. The summed E-state index contributed by atoms with van der Waals surface area (Å²) in [6, 6.07) is 9.76. The number of para-hydroxylation sites is 1. The van der Waals surface area contributed by atoms with Gasteiger partial charge in [-0.25, -0.2) is 9.78 Å². The molecule has 4 rings (SSSR count). The van der Waals surface area contributed by atoms with Gasteiger partial charge in [0.05, 0.1) is 17.2 Å². The van der Waals surface area contributed by atoms with Crippen molar-refractivity contribution in [1.29, 1.82) is 0 Å². The summed E-state index contributed by atoms with van der Waals surface area (Å²) in [4.78, 5) is 33.3. The van der Waals surface area contributed by atoms with Crippen LogP contribution in [0.25, 0.3) is 10.9 Å². The highest BCUT2D eigenvalue weighted by atomic mass is 16.4. The van der Waals surface area contributed by atoms with E-state index in [1.165, 1.54) is 0 Å². The molecule has 1 saturated carbocycles. The Balaban J connectivity index is 1.35. The molecule has 2 aliphatic rings. The molecule has 0 bridgehead atoms. The molecule has 2 fully saturated rings. The number of aliphatic hydroxyl groups is 1. The first-order chi connectivity index (χ1) is 18.3. The van der Waals surface area contributed by atoms with Gasteiger partial charge in [0.25, 0.3) is 5.91 Å². The SMILES string of the molecule is CN(C)CC(O)CC1CCN(c2cc(C(=O)NCC3CCC(CNC(=O)O)CC3)c3ccccc3n2)CC1. The Morgan fingerprint density at radius 3 is 2.26 bits per heavy atom. The molecule has 208 valence electrons. The predicted octanol–water partition coefficient (Wildman–Crippen LogP) is 3.57. The number of rotatable bonds is 10. The summed E-state index contributed by atoms with van der Waals surface area (Å²) in [6.45, 7) is 3.56. The van der Waals surface area contributed by atoms with Crippen LogP contribution in [-0.2, 0) is 0 Å². The number of amides is 2. The van der Waals surface area contributed by atoms with Crippen molar-refractivity contribution in [3.05, 3.63) is 35.9 Å². The zero-order valence-electron chi connectivity index (χ0n) is 22.7. The van der Waals surface area contributed by atoms with Crippen LogP contribution in [-0.4, -0.2) is 85.0 Å². The number of benzene rings is 1. The molecule has 1 aliphatic heterocycles. The number of hydrogen-bond acceptors (Lipinski definition) is 6. The lowest BCUT2D eigenvalue weighted by Crippen LogP contribution is -2.37. The maximum Gasteiger partial charge on any atom is 0.404 e. The molecule has 1 atom stereocenters. The zero-order valence-corrected chi connectivity index (χ0v) is 22.7. The average molecular weight is 526 g/mol. The molecule has 1 aromatic heterocycles. The van der Waals surface area contributed by atoms with Crippen LogP contribution in [0.3, 0.4) is 0 Å². The van der Waals surface area contributed by atoms with Crippen LogP contribution >= 0.6 is 0 Å². The van der Waals surface area contributed by atoms with Gasteiger partial charge in [-0.3, -0.25) is 4.79 Å². The van der Waals surface area contributed by atoms with E-state index in [0.717, 1.165) is 74.8 Å². The first-order valence-electron chi connectivity index (χ1n) is 14.0. The average Bonchev–Trinajstić information content (AvgIpc) is 2.90. The van der Waals surface area contributed by atoms with Crippen molar-refractivity contribution in [3.8, 4) is 0 Å². The number of anilines is 1. The molecule has 9 nitrogen and oxygen atoms in total. The molecule has 9 heteroatoms. The smallest absolute Gasteiger partial charge is 0.404 e. The Kier molecular flexibility index (Phi) is 9.80. The molecule has 38 heavy (non-hydrogen) atoms. The van der Waals surface area contributed by atoms with E-state index < -0.39 is 6.09 Å². The van der Waals surface area contributed by atoms with Crippen LogP contribution < -0.4 is 15.5 Å². The molecule has 1 aromatic carbocycles. The molecule has 2 heterocycles. The molecule has 0 spiro atoms. The highest BCUT2D eigenvalue weighted by molar-refractivity contribution is 6.07. The normalized spacial score (nSPS) is 21.4. The van der Waals surface area contributed by atoms with Crippen molar-refractivity contribution < 1.29 is 19.8 Å². The van der Waals surface area contributed by atoms with Crippen molar-refractivity contribution >= 4 is 28.7 Å². The minimum absolute atomic E-state index is 0.0683. The number of aromatic nitrogens is 1. The predicted molar refractivity (Wildman–Crippen MR) is 150 cm³/mol.